The smallest absolute Gasteiger partial charge is 0.272 e. The van der Waals surface area contributed by atoms with E-state index >= 15 is 0 Å². The Labute approximate surface area is 164 Å². The molecule has 2 aromatic rings. The molecule has 1 aromatic carbocycles. The standard InChI is InChI=1S/C20H23ClN4O2/c1-14(2)23-19(26)15-6-7-22-18(12-15)20(27)25-10-8-24(9-11-25)17-5-3-4-16(21)13-17/h3-7,12-14H,8-11H2,1-2H3,(H,23,26). The summed E-state index contributed by atoms with van der Waals surface area (Å²) in [7, 11) is 0. The van der Waals surface area contributed by atoms with Crippen LogP contribution < -0.4 is 10.2 Å². The van der Waals surface area contributed by atoms with E-state index in [4.69, 9.17) is 11.6 Å². The van der Waals surface area contributed by atoms with Gasteiger partial charge >= 0.3 is 0 Å². The SMILES string of the molecule is CC(C)NC(=O)c1ccnc(C(=O)N2CCN(c3cccc(Cl)c3)CC2)c1. The van der Waals surface area contributed by atoms with E-state index in [1.165, 1.54) is 6.20 Å². The van der Waals surface area contributed by atoms with E-state index in [2.05, 4.69) is 15.2 Å². The zero-order chi connectivity index (χ0) is 19.4. The minimum Gasteiger partial charge on any atom is -0.368 e. The van der Waals surface area contributed by atoms with Crippen LogP contribution in [0.1, 0.15) is 34.7 Å². The van der Waals surface area contributed by atoms with Gasteiger partial charge in [0.2, 0.25) is 0 Å². The van der Waals surface area contributed by atoms with Gasteiger partial charge in [-0.15, -0.1) is 0 Å². The number of nitrogens with zero attached hydrogens (tertiary/aromatic N) is 3. The van der Waals surface area contributed by atoms with Crippen molar-refractivity contribution in [3.63, 3.8) is 0 Å². The van der Waals surface area contributed by atoms with E-state index in [0.29, 0.717) is 29.4 Å². The minimum atomic E-state index is -0.202. The lowest BCUT2D eigenvalue weighted by Crippen LogP contribution is -2.49. The van der Waals surface area contributed by atoms with E-state index in [-0.39, 0.29) is 17.9 Å². The van der Waals surface area contributed by atoms with Crippen LogP contribution in [0, 0.1) is 0 Å². The molecule has 0 aliphatic carbocycles. The number of hydrogen-bond donors (Lipinski definition) is 1. The first-order valence-electron chi connectivity index (χ1n) is 9.01. The molecule has 1 saturated heterocycles. The average molecular weight is 387 g/mol. The maximum atomic E-state index is 12.8. The molecule has 1 aliphatic rings. The number of halogens is 1. The number of carbonyl (C=O) groups excluding carboxylic acids is 2. The maximum Gasteiger partial charge on any atom is 0.272 e. The number of pyridine rings is 1. The van der Waals surface area contributed by atoms with Crippen molar-refractivity contribution in [3.8, 4) is 0 Å². The van der Waals surface area contributed by atoms with Crippen LogP contribution in [-0.2, 0) is 0 Å². The van der Waals surface area contributed by atoms with Gasteiger partial charge in [0.15, 0.2) is 0 Å². The molecule has 2 amide bonds. The Morgan fingerprint density at radius 3 is 2.52 bits per heavy atom. The number of anilines is 1. The van der Waals surface area contributed by atoms with Crippen LogP contribution in [0.5, 0.6) is 0 Å². The van der Waals surface area contributed by atoms with E-state index in [1.54, 1.807) is 17.0 Å². The highest BCUT2D eigenvalue weighted by Gasteiger charge is 2.24. The van der Waals surface area contributed by atoms with Crippen LogP contribution in [0.3, 0.4) is 0 Å². The minimum absolute atomic E-state index is 0.0318. The Morgan fingerprint density at radius 1 is 1.11 bits per heavy atom. The molecule has 1 N–H and O–H groups in total. The number of amides is 2. The highest BCUT2D eigenvalue weighted by molar-refractivity contribution is 6.30. The molecule has 2 heterocycles. The Morgan fingerprint density at radius 2 is 1.85 bits per heavy atom. The zero-order valence-electron chi connectivity index (χ0n) is 15.5. The summed E-state index contributed by atoms with van der Waals surface area (Å²) >= 11 is 6.06. The van der Waals surface area contributed by atoms with Crippen LogP contribution in [0.25, 0.3) is 0 Å². The summed E-state index contributed by atoms with van der Waals surface area (Å²) in [5, 5.41) is 3.52. The molecule has 0 unspecified atom stereocenters. The fourth-order valence-corrected chi connectivity index (χ4v) is 3.22. The highest BCUT2D eigenvalue weighted by Crippen LogP contribution is 2.21. The summed E-state index contributed by atoms with van der Waals surface area (Å²) in [6, 6.07) is 10.9. The second-order valence-corrected chi connectivity index (χ2v) is 7.25. The Balaban J connectivity index is 1.65. The van der Waals surface area contributed by atoms with E-state index in [1.807, 2.05) is 38.1 Å². The molecule has 0 bridgehead atoms. The number of hydrogen-bond acceptors (Lipinski definition) is 4. The summed E-state index contributed by atoms with van der Waals surface area (Å²) in [4.78, 5) is 33.1. The topological polar surface area (TPSA) is 65.5 Å². The van der Waals surface area contributed by atoms with Crippen molar-refractivity contribution < 1.29 is 9.59 Å². The first-order chi connectivity index (χ1) is 12.9. The molecular weight excluding hydrogens is 364 g/mol. The average Bonchev–Trinajstić information content (AvgIpc) is 2.67. The van der Waals surface area contributed by atoms with Gasteiger partial charge < -0.3 is 15.1 Å². The Hall–Kier alpha value is -2.60. The van der Waals surface area contributed by atoms with Gasteiger partial charge in [0, 0.05) is 54.7 Å². The number of piperazine rings is 1. The van der Waals surface area contributed by atoms with Crippen LogP contribution in [-0.4, -0.2) is 53.9 Å². The number of aromatic nitrogens is 1. The molecule has 0 radical (unpaired) electrons. The molecule has 27 heavy (non-hydrogen) atoms. The van der Waals surface area contributed by atoms with Crippen molar-refractivity contribution in [2.45, 2.75) is 19.9 Å². The predicted octanol–water partition coefficient (Wildman–Crippen LogP) is 2.84. The van der Waals surface area contributed by atoms with Crippen molar-refractivity contribution in [2.24, 2.45) is 0 Å². The molecule has 142 valence electrons. The third kappa shape index (κ3) is 4.77. The molecule has 0 spiro atoms. The summed E-state index contributed by atoms with van der Waals surface area (Å²) in [5.74, 6) is -0.354. The van der Waals surface area contributed by atoms with Gasteiger partial charge in [-0.3, -0.25) is 14.6 Å². The normalized spacial score (nSPS) is 14.4. The van der Waals surface area contributed by atoms with Gasteiger partial charge in [0.05, 0.1) is 0 Å². The molecular formula is C20H23ClN4O2. The van der Waals surface area contributed by atoms with Gasteiger partial charge in [0.25, 0.3) is 11.8 Å². The summed E-state index contributed by atoms with van der Waals surface area (Å²) in [6.07, 6.45) is 1.50. The lowest BCUT2D eigenvalue weighted by atomic mass is 10.1. The quantitative estimate of drug-likeness (QED) is 0.877. The van der Waals surface area contributed by atoms with Crippen LogP contribution in [0.2, 0.25) is 5.02 Å². The second kappa shape index (κ2) is 8.39. The van der Waals surface area contributed by atoms with Gasteiger partial charge in [-0.05, 0) is 44.2 Å². The van der Waals surface area contributed by atoms with Crippen LogP contribution in [0.15, 0.2) is 42.6 Å². The first kappa shape index (κ1) is 19.2. The fourth-order valence-electron chi connectivity index (χ4n) is 3.04. The molecule has 3 rings (SSSR count). The summed E-state index contributed by atoms with van der Waals surface area (Å²) < 4.78 is 0. The maximum absolute atomic E-state index is 12.8. The monoisotopic (exact) mass is 386 g/mol. The van der Waals surface area contributed by atoms with Crippen molar-refractivity contribution in [3.05, 3.63) is 58.9 Å². The fraction of sp³-hybridized carbons (Fsp3) is 0.350. The Bertz CT molecular complexity index is 832. The van der Waals surface area contributed by atoms with Gasteiger partial charge in [0.1, 0.15) is 5.69 Å². The van der Waals surface area contributed by atoms with Crippen LogP contribution >= 0.6 is 11.6 Å². The van der Waals surface area contributed by atoms with Crippen LogP contribution in [0.4, 0.5) is 5.69 Å². The third-order valence-electron chi connectivity index (χ3n) is 4.40. The molecule has 7 heteroatoms. The lowest BCUT2D eigenvalue weighted by Gasteiger charge is -2.36. The van der Waals surface area contributed by atoms with E-state index < -0.39 is 0 Å². The van der Waals surface area contributed by atoms with Crippen molar-refractivity contribution in [1.29, 1.82) is 0 Å². The lowest BCUT2D eigenvalue weighted by molar-refractivity contribution is 0.0741. The number of rotatable bonds is 4. The highest BCUT2D eigenvalue weighted by atomic mass is 35.5. The zero-order valence-corrected chi connectivity index (χ0v) is 16.2. The summed E-state index contributed by atoms with van der Waals surface area (Å²) in [6.45, 7) is 6.42. The molecule has 1 fully saturated rings. The van der Waals surface area contributed by atoms with Gasteiger partial charge in [-0.1, -0.05) is 17.7 Å². The van der Waals surface area contributed by atoms with E-state index in [0.717, 1.165) is 18.8 Å². The molecule has 1 aliphatic heterocycles. The first-order valence-corrected chi connectivity index (χ1v) is 9.38. The molecule has 0 atom stereocenters. The van der Waals surface area contributed by atoms with Gasteiger partial charge in [-0.2, -0.15) is 0 Å². The number of carbonyl (C=O) groups is 2. The molecule has 6 nitrogen and oxygen atoms in total. The summed E-state index contributed by atoms with van der Waals surface area (Å²) in [5.41, 5.74) is 1.79. The largest absolute Gasteiger partial charge is 0.368 e. The van der Waals surface area contributed by atoms with E-state index in [9.17, 15) is 9.59 Å². The number of nitrogens with one attached hydrogen (secondary N) is 1. The van der Waals surface area contributed by atoms with Gasteiger partial charge in [-0.25, -0.2) is 0 Å². The third-order valence-corrected chi connectivity index (χ3v) is 4.64. The van der Waals surface area contributed by atoms with Crippen molar-refractivity contribution in [2.75, 3.05) is 31.1 Å². The molecule has 0 saturated carbocycles. The van der Waals surface area contributed by atoms with Crippen molar-refractivity contribution in [1.82, 2.24) is 15.2 Å². The molecule has 1 aromatic heterocycles. The Kier molecular flexibility index (Phi) is 5.96. The second-order valence-electron chi connectivity index (χ2n) is 6.82. The predicted molar refractivity (Wildman–Crippen MR) is 106 cm³/mol. The van der Waals surface area contributed by atoms with Crippen molar-refractivity contribution >= 4 is 29.1 Å². The number of benzene rings is 1.